The number of hydrogen-bond acceptors (Lipinski definition) is 4. The lowest BCUT2D eigenvalue weighted by molar-refractivity contribution is -0.117. The van der Waals surface area contributed by atoms with Crippen molar-refractivity contribution in [3.63, 3.8) is 0 Å². The number of hydrogen-bond donors (Lipinski definition) is 3. The van der Waals surface area contributed by atoms with Gasteiger partial charge in [0.1, 0.15) is 6.04 Å². The van der Waals surface area contributed by atoms with Crippen molar-refractivity contribution in [2.45, 2.75) is 26.3 Å². The van der Waals surface area contributed by atoms with Crippen LogP contribution in [0.15, 0.2) is 48.5 Å². The quantitative estimate of drug-likeness (QED) is 0.706. The first kappa shape index (κ1) is 19.0. The molecule has 1 atom stereocenters. The van der Waals surface area contributed by atoms with Crippen LogP contribution in [0, 0.1) is 6.92 Å². The minimum absolute atomic E-state index is 0.0435. The van der Waals surface area contributed by atoms with Gasteiger partial charge in [-0.25, -0.2) is 8.42 Å². The minimum atomic E-state index is -3.38. The summed E-state index contributed by atoms with van der Waals surface area (Å²) < 4.78 is 26.2. The van der Waals surface area contributed by atoms with Crippen LogP contribution in [0.2, 0.25) is 0 Å². The molecule has 0 spiro atoms. The average Bonchev–Trinajstić information content (AvgIpc) is 2.54. The van der Waals surface area contributed by atoms with Crippen molar-refractivity contribution in [1.29, 1.82) is 0 Å². The zero-order chi connectivity index (χ0) is 18.4. The number of anilines is 2. The van der Waals surface area contributed by atoms with E-state index in [0.717, 1.165) is 5.56 Å². The number of aryl methyl sites for hydroxylation is 1. The molecule has 2 aromatic rings. The molecular formula is C18H23N3O3S. The number of nitrogens with two attached hydrogens (primary N) is 1. The predicted molar refractivity (Wildman–Crippen MR) is 101 cm³/mol. The molecule has 25 heavy (non-hydrogen) atoms. The van der Waals surface area contributed by atoms with Crippen LogP contribution < -0.4 is 15.8 Å². The highest BCUT2D eigenvalue weighted by molar-refractivity contribution is 7.92. The first-order valence-corrected chi connectivity index (χ1v) is 9.69. The fourth-order valence-corrected chi connectivity index (χ4v) is 3.43. The summed E-state index contributed by atoms with van der Waals surface area (Å²) in [4.78, 5) is 12.3. The van der Waals surface area contributed by atoms with Gasteiger partial charge >= 0.3 is 0 Å². The van der Waals surface area contributed by atoms with E-state index in [9.17, 15) is 13.2 Å². The van der Waals surface area contributed by atoms with E-state index in [1.165, 1.54) is 0 Å². The second-order valence-electron chi connectivity index (χ2n) is 5.88. The molecule has 0 fully saturated rings. The lowest BCUT2D eigenvalue weighted by Crippen LogP contribution is -2.27. The Labute approximate surface area is 148 Å². The van der Waals surface area contributed by atoms with Gasteiger partial charge < -0.3 is 11.1 Å². The number of carbonyl (C=O) groups is 1. The number of sulfonamides is 1. The number of benzene rings is 2. The highest BCUT2D eigenvalue weighted by atomic mass is 32.2. The smallest absolute Gasteiger partial charge is 0.245 e. The Morgan fingerprint density at radius 3 is 2.40 bits per heavy atom. The van der Waals surface area contributed by atoms with Crippen LogP contribution >= 0.6 is 0 Å². The summed E-state index contributed by atoms with van der Waals surface area (Å²) in [6, 6.07) is 13.1. The Balaban J connectivity index is 2.08. The van der Waals surface area contributed by atoms with Gasteiger partial charge in [-0.15, -0.1) is 0 Å². The van der Waals surface area contributed by atoms with Crippen molar-refractivity contribution >= 4 is 27.3 Å². The highest BCUT2D eigenvalue weighted by Crippen LogP contribution is 2.19. The second-order valence-corrected chi connectivity index (χ2v) is 7.72. The molecule has 0 heterocycles. The molecule has 0 saturated carbocycles. The van der Waals surface area contributed by atoms with Crippen molar-refractivity contribution in [1.82, 2.24) is 0 Å². The van der Waals surface area contributed by atoms with E-state index in [2.05, 4.69) is 10.0 Å². The maximum atomic E-state index is 12.3. The molecule has 0 aliphatic rings. The van der Waals surface area contributed by atoms with Gasteiger partial charge in [-0.1, -0.05) is 42.8 Å². The monoisotopic (exact) mass is 361 g/mol. The largest absolute Gasteiger partial charge is 0.324 e. The maximum Gasteiger partial charge on any atom is 0.245 e. The predicted octanol–water partition coefficient (Wildman–Crippen LogP) is 2.79. The first-order valence-electron chi connectivity index (χ1n) is 8.04. The van der Waals surface area contributed by atoms with E-state index in [-0.39, 0.29) is 11.7 Å². The second kappa shape index (κ2) is 8.13. The normalized spacial score (nSPS) is 12.4. The summed E-state index contributed by atoms with van der Waals surface area (Å²) in [6.07, 6.45) is 0.525. The van der Waals surface area contributed by atoms with E-state index in [1.807, 2.05) is 31.2 Å². The summed E-state index contributed by atoms with van der Waals surface area (Å²) in [5.41, 5.74) is 8.66. The van der Waals surface area contributed by atoms with Crippen LogP contribution in [0.25, 0.3) is 0 Å². The number of carbonyl (C=O) groups excluding carboxylic acids is 1. The molecule has 1 unspecified atom stereocenters. The van der Waals surface area contributed by atoms with Gasteiger partial charge in [-0.05, 0) is 37.1 Å². The van der Waals surface area contributed by atoms with Crippen molar-refractivity contribution < 1.29 is 13.2 Å². The van der Waals surface area contributed by atoms with Gasteiger partial charge in [0.15, 0.2) is 0 Å². The first-order chi connectivity index (χ1) is 11.8. The maximum absolute atomic E-state index is 12.3. The number of rotatable bonds is 7. The van der Waals surface area contributed by atoms with Gasteiger partial charge in [0.2, 0.25) is 15.9 Å². The van der Waals surface area contributed by atoms with Crippen LogP contribution in [-0.2, 0) is 14.8 Å². The van der Waals surface area contributed by atoms with Gasteiger partial charge in [-0.2, -0.15) is 0 Å². The molecule has 2 aromatic carbocycles. The molecule has 2 rings (SSSR count). The van der Waals surface area contributed by atoms with Gasteiger partial charge in [0, 0.05) is 5.69 Å². The molecule has 0 radical (unpaired) electrons. The van der Waals surface area contributed by atoms with E-state index < -0.39 is 16.1 Å². The Kier molecular flexibility index (Phi) is 6.17. The third-order valence-corrected chi connectivity index (χ3v) is 5.09. The van der Waals surface area contributed by atoms with Crippen molar-refractivity contribution in [2.24, 2.45) is 5.73 Å². The van der Waals surface area contributed by atoms with Crippen LogP contribution in [-0.4, -0.2) is 20.1 Å². The van der Waals surface area contributed by atoms with Crippen molar-refractivity contribution in [3.05, 3.63) is 59.7 Å². The topological polar surface area (TPSA) is 101 Å². The molecule has 0 aliphatic heterocycles. The van der Waals surface area contributed by atoms with Crippen LogP contribution in [0.4, 0.5) is 11.4 Å². The third-order valence-electron chi connectivity index (χ3n) is 3.60. The van der Waals surface area contributed by atoms with Crippen molar-refractivity contribution in [3.8, 4) is 0 Å². The van der Waals surface area contributed by atoms with E-state index in [1.54, 1.807) is 31.2 Å². The summed E-state index contributed by atoms with van der Waals surface area (Å²) >= 11 is 0. The molecule has 0 bridgehead atoms. The Morgan fingerprint density at radius 2 is 1.76 bits per heavy atom. The highest BCUT2D eigenvalue weighted by Gasteiger charge is 2.16. The standard InChI is InChI=1S/C18H23N3O3S/c1-3-11-25(23,24)21-16-6-4-5-15(12-16)20-18(22)17(19)14-9-7-13(2)8-10-14/h4-10,12,17,21H,3,11,19H2,1-2H3,(H,20,22). The molecule has 0 aliphatic carbocycles. The molecule has 1 amide bonds. The molecular weight excluding hydrogens is 338 g/mol. The average molecular weight is 361 g/mol. The summed E-state index contributed by atoms with van der Waals surface area (Å²) in [5.74, 6) is -0.320. The van der Waals surface area contributed by atoms with Crippen molar-refractivity contribution in [2.75, 3.05) is 15.8 Å². The Hall–Kier alpha value is -2.38. The van der Waals surface area contributed by atoms with E-state index in [4.69, 9.17) is 5.73 Å². The lowest BCUT2D eigenvalue weighted by atomic mass is 10.1. The van der Waals surface area contributed by atoms with Gasteiger partial charge in [0.25, 0.3) is 0 Å². The molecule has 7 heteroatoms. The summed E-state index contributed by atoms with van der Waals surface area (Å²) in [5, 5.41) is 2.71. The molecule has 4 N–H and O–H groups in total. The molecule has 0 aromatic heterocycles. The van der Waals surface area contributed by atoms with Crippen LogP contribution in [0.5, 0.6) is 0 Å². The van der Waals surface area contributed by atoms with Crippen LogP contribution in [0.1, 0.15) is 30.5 Å². The van der Waals surface area contributed by atoms with Crippen LogP contribution in [0.3, 0.4) is 0 Å². The number of nitrogens with one attached hydrogen (secondary N) is 2. The summed E-state index contributed by atoms with van der Waals surface area (Å²) in [7, 11) is -3.38. The lowest BCUT2D eigenvalue weighted by Gasteiger charge is -2.14. The molecule has 0 saturated heterocycles. The van der Waals surface area contributed by atoms with Gasteiger partial charge in [-0.3, -0.25) is 9.52 Å². The Bertz CT molecular complexity index is 833. The fraction of sp³-hybridized carbons (Fsp3) is 0.278. The zero-order valence-corrected chi connectivity index (χ0v) is 15.1. The number of amides is 1. The third kappa shape index (κ3) is 5.58. The van der Waals surface area contributed by atoms with E-state index >= 15 is 0 Å². The summed E-state index contributed by atoms with van der Waals surface area (Å²) in [6.45, 7) is 3.75. The SMILES string of the molecule is CCCS(=O)(=O)Nc1cccc(NC(=O)C(N)c2ccc(C)cc2)c1. The zero-order valence-electron chi connectivity index (χ0n) is 14.3. The minimum Gasteiger partial charge on any atom is -0.324 e. The van der Waals surface area contributed by atoms with E-state index in [0.29, 0.717) is 23.4 Å². The molecule has 6 nitrogen and oxygen atoms in total. The Morgan fingerprint density at radius 1 is 1.12 bits per heavy atom. The molecule has 134 valence electrons. The fourth-order valence-electron chi connectivity index (χ4n) is 2.30. The van der Waals surface area contributed by atoms with Gasteiger partial charge in [0.05, 0.1) is 11.4 Å².